The van der Waals surface area contributed by atoms with Gasteiger partial charge in [0.25, 0.3) is 0 Å². The molecular weight excluding hydrogens is 341 g/mol. The van der Waals surface area contributed by atoms with Gasteiger partial charge in [-0.3, -0.25) is 0 Å². The van der Waals surface area contributed by atoms with Gasteiger partial charge in [0.1, 0.15) is 0 Å². The van der Waals surface area contributed by atoms with Crippen molar-refractivity contribution in [2.75, 3.05) is 0 Å². The van der Waals surface area contributed by atoms with Crippen LogP contribution in [-0.4, -0.2) is 6.04 Å². The summed E-state index contributed by atoms with van der Waals surface area (Å²) in [5, 5.41) is 0.640. The van der Waals surface area contributed by atoms with Gasteiger partial charge in [-0.15, -0.1) is 0 Å². The van der Waals surface area contributed by atoms with Crippen molar-refractivity contribution in [3.8, 4) is 0 Å². The number of rotatable bonds is 4. The number of benzene rings is 2. The number of alkyl halides is 1. The summed E-state index contributed by atoms with van der Waals surface area (Å²) in [7, 11) is 0. The second-order valence-corrected chi connectivity index (χ2v) is 6.32. The van der Waals surface area contributed by atoms with Crippen LogP contribution in [0.1, 0.15) is 18.1 Å². The van der Waals surface area contributed by atoms with Crippen molar-refractivity contribution in [1.82, 2.24) is 0 Å². The lowest BCUT2D eigenvalue weighted by Gasteiger charge is -2.30. The van der Waals surface area contributed by atoms with Crippen molar-refractivity contribution in [3.05, 3.63) is 69.2 Å². The Balaban J connectivity index is 2.37. The molecule has 0 bridgehead atoms. The van der Waals surface area contributed by atoms with Crippen molar-refractivity contribution in [3.63, 3.8) is 0 Å². The molecule has 0 aliphatic rings. The SMILES string of the molecule is C[C@H](N)C(F)(Cc1ccc(Cl)cc1)c1cccc(Br)c1. The third kappa shape index (κ3) is 3.40. The molecule has 2 aromatic rings. The van der Waals surface area contributed by atoms with Crippen LogP contribution in [-0.2, 0) is 12.1 Å². The second-order valence-electron chi connectivity index (χ2n) is 4.96. The molecule has 1 unspecified atom stereocenters. The second kappa shape index (κ2) is 6.25. The van der Waals surface area contributed by atoms with Crippen LogP contribution >= 0.6 is 27.5 Å². The standard InChI is InChI=1S/C16H16BrClFN/c1-11(20)16(19,13-3-2-4-14(17)9-13)10-12-5-7-15(18)8-6-12/h2-9,11H,10,20H2,1H3/t11-,16?/m0/s1. The van der Waals surface area contributed by atoms with Gasteiger partial charge >= 0.3 is 0 Å². The minimum absolute atomic E-state index is 0.221. The number of nitrogens with two attached hydrogens (primary N) is 1. The largest absolute Gasteiger partial charge is 0.325 e. The van der Waals surface area contributed by atoms with E-state index >= 15 is 4.39 Å². The highest BCUT2D eigenvalue weighted by Gasteiger charge is 2.36. The van der Waals surface area contributed by atoms with E-state index < -0.39 is 11.7 Å². The van der Waals surface area contributed by atoms with E-state index in [-0.39, 0.29) is 6.42 Å². The molecule has 2 atom stereocenters. The summed E-state index contributed by atoms with van der Waals surface area (Å²) in [6.45, 7) is 1.69. The Bertz CT molecular complexity index is 585. The third-order valence-electron chi connectivity index (χ3n) is 3.40. The Labute approximate surface area is 132 Å². The number of hydrogen-bond donors (Lipinski definition) is 1. The van der Waals surface area contributed by atoms with Gasteiger partial charge in [-0.2, -0.15) is 0 Å². The van der Waals surface area contributed by atoms with Gasteiger partial charge in [0.15, 0.2) is 5.67 Å². The van der Waals surface area contributed by atoms with Crippen molar-refractivity contribution >= 4 is 27.5 Å². The quantitative estimate of drug-likeness (QED) is 0.832. The Hall–Kier alpha value is -0.900. The molecule has 20 heavy (non-hydrogen) atoms. The van der Waals surface area contributed by atoms with Gasteiger partial charge in [-0.25, -0.2) is 4.39 Å². The minimum Gasteiger partial charge on any atom is -0.325 e. The summed E-state index contributed by atoms with van der Waals surface area (Å²) in [4.78, 5) is 0. The summed E-state index contributed by atoms with van der Waals surface area (Å²) in [6, 6.07) is 13.8. The lowest BCUT2D eigenvalue weighted by Crippen LogP contribution is -2.41. The maximum atomic E-state index is 15.4. The summed E-state index contributed by atoms with van der Waals surface area (Å²) in [5.74, 6) is 0. The number of hydrogen-bond acceptors (Lipinski definition) is 1. The summed E-state index contributed by atoms with van der Waals surface area (Å²) >= 11 is 9.23. The van der Waals surface area contributed by atoms with Gasteiger partial charge in [0, 0.05) is 22.0 Å². The molecule has 2 rings (SSSR count). The minimum atomic E-state index is -1.61. The van der Waals surface area contributed by atoms with Crippen LogP contribution in [0.2, 0.25) is 5.02 Å². The van der Waals surface area contributed by atoms with E-state index in [1.165, 1.54) is 0 Å². The van der Waals surface area contributed by atoms with Crippen LogP contribution in [0, 0.1) is 0 Å². The Kier molecular flexibility index (Phi) is 4.84. The van der Waals surface area contributed by atoms with Crippen molar-refractivity contribution < 1.29 is 4.39 Å². The smallest absolute Gasteiger partial charge is 0.154 e. The van der Waals surface area contributed by atoms with Crippen LogP contribution < -0.4 is 5.73 Å². The molecule has 4 heteroatoms. The highest BCUT2D eigenvalue weighted by atomic mass is 79.9. The molecule has 0 amide bonds. The molecule has 0 aliphatic heterocycles. The van der Waals surface area contributed by atoms with Crippen LogP contribution in [0.4, 0.5) is 4.39 Å². The first kappa shape index (κ1) is 15.5. The Morgan fingerprint density at radius 2 is 1.90 bits per heavy atom. The highest BCUT2D eigenvalue weighted by molar-refractivity contribution is 9.10. The van der Waals surface area contributed by atoms with Gasteiger partial charge in [-0.1, -0.05) is 51.8 Å². The molecule has 0 radical (unpaired) electrons. The molecular formula is C16H16BrClFN. The summed E-state index contributed by atoms with van der Waals surface area (Å²) in [5.41, 5.74) is 5.75. The van der Waals surface area contributed by atoms with Crippen LogP contribution in [0.5, 0.6) is 0 Å². The zero-order chi connectivity index (χ0) is 14.8. The first-order chi connectivity index (χ1) is 9.41. The molecule has 2 aromatic carbocycles. The van der Waals surface area contributed by atoms with Crippen LogP contribution in [0.25, 0.3) is 0 Å². The van der Waals surface area contributed by atoms with E-state index in [0.717, 1.165) is 10.0 Å². The molecule has 0 heterocycles. The van der Waals surface area contributed by atoms with E-state index in [0.29, 0.717) is 10.6 Å². The first-order valence-corrected chi connectivity index (χ1v) is 7.54. The van der Waals surface area contributed by atoms with E-state index in [4.69, 9.17) is 17.3 Å². The number of halogens is 3. The molecule has 106 valence electrons. The molecule has 0 fully saturated rings. The van der Waals surface area contributed by atoms with Gasteiger partial charge in [0.2, 0.25) is 0 Å². The van der Waals surface area contributed by atoms with Crippen molar-refractivity contribution in [1.29, 1.82) is 0 Å². The first-order valence-electron chi connectivity index (χ1n) is 6.37. The molecule has 1 nitrogen and oxygen atoms in total. The van der Waals surface area contributed by atoms with E-state index in [1.807, 2.05) is 24.3 Å². The van der Waals surface area contributed by atoms with E-state index in [2.05, 4.69) is 15.9 Å². The summed E-state index contributed by atoms with van der Waals surface area (Å²) in [6.07, 6.45) is 0.221. The average molecular weight is 357 g/mol. The zero-order valence-corrected chi connectivity index (χ0v) is 13.5. The molecule has 0 aliphatic carbocycles. The predicted molar refractivity (Wildman–Crippen MR) is 85.7 cm³/mol. The fourth-order valence-electron chi connectivity index (χ4n) is 2.17. The fraction of sp³-hybridized carbons (Fsp3) is 0.250. The topological polar surface area (TPSA) is 26.0 Å². The van der Waals surface area contributed by atoms with Crippen LogP contribution in [0.15, 0.2) is 53.0 Å². The van der Waals surface area contributed by atoms with Gasteiger partial charge in [-0.05, 0) is 42.3 Å². The maximum Gasteiger partial charge on any atom is 0.154 e. The van der Waals surface area contributed by atoms with E-state index in [1.54, 1.807) is 31.2 Å². The highest BCUT2D eigenvalue weighted by Crippen LogP contribution is 2.34. The Morgan fingerprint density at radius 3 is 2.45 bits per heavy atom. The van der Waals surface area contributed by atoms with Gasteiger partial charge in [0.05, 0.1) is 0 Å². The normalized spacial score (nSPS) is 15.7. The maximum absolute atomic E-state index is 15.4. The average Bonchev–Trinajstić information content (AvgIpc) is 2.41. The molecule has 0 spiro atoms. The molecule has 0 aromatic heterocycles. The molecule has 0 saturated carbocycles. The predicted octanol–water partition coefficient (Wildman–Crippen LogP) is 4.86. The van der Waals surface area contributed by atoms with Crippen LogP contribution in [0.3, 0.4) is 0 Å². The lowest BCUT2D eigenvalue weighted by atomic mass is 9.84. The molecule has 0 saturated heterocycles. The molecule has 2 N–H and O–H groups in total. The zero-order valence-electron chi connectivity index (χ0n) is 11.1. The van der Waals surface area contributed by atoms with Crippen molar-refractivity contribution in [2.24, 2.45) is 5.73 Å². The lowest BCUT2D eigenvalue weighted by molar-refractivity contribution is 0.132. The summed E-state index contributed by atoms with van der Waals surface area (Å²) < 4.78 is 16.3. The Morgan fingerprint density at radius 1 is 1.25 bits per heavy atom. The van der Waals surface area contributed by atoms with E-state index in [9.17, 15) is 0 Å². The van der Waals surface area contributed by atoms with Crippen molar-refractivity contribution in [2.45, 2.75) is 25.1 Å². The monoisotopic (exact) mass is 355 g/mol. The fourth-order valence-corrected chi connectivity index (χ4v) is 2.70. The third-order valence-corrected chi connectivity index (χ3v) is 4.15. The van der Waals surface area contributed by atoms with Gasteiger partial charge < -0.3 is 5.73 Å².